The first-order chi connectivity index (χ1) is 21.4. The van der Waals surface area contributed by atoms with E-state index in [-0.39, 0.29) is 19.0 Å². The number of aromatic nitrogens is 1. The van der Waals surface area contributed by atoms with Crippen molar-refractivity contribution >= 4 is 45.4 Å². The molecule has 3 N–H and O–H groups in total. The molecule has 2 heterocycles. The maximum absolute atomic E-state index is 14.5. The average molecular weight is 592 g/mol. The zero-order valence-corrected chi connectivity index (χ0v) is 24.9. The van der Waals surface area contributed by atoms with E-state index in [0.717, 1.165) is 63.9 Å². The minimum Gasteiger partial charge on any atom is -0.453 e. The fourth-order valence-electron chi connectivity index (χ4n) is 6.64. The van der Waals surface area contributed by atoms with E-state index in [2.05, 4.69) is 22.4 Å². The van der Waals surface area contributed by atoms with Gasteiger partial charge in [-0.15, -0.1) is 0 Å². The van der Waals surface area contributed by atoms with Gasteiger partial charge in [0.15, 0.2) is 0 Å². The molecule has 2 atom stereocenters. The number of urea groups is 1. The monoisotopic (exact) mass is 591 g/mol. The number of hydrogen-bond donors (Lipinski definition) is 2. The maximum atomic E-state index is 14.5. The third-order valence-corrected chi connectivity index (χ3v) is 8.90. The lowest BCUT2D eigenvalue weighted by Crippen LogP contribution is -2.58. The Labute approximate surface area is 256 Å². The number of ether oxygens (including phenoxy) is 1. The molecule has 44 heavy (non-hydrogen) atoms. The van der Waals surface area contributed by atoms with Crippen molar-refractivity contribution in [2.75, 3.05) is 25.9 Å². The standard InChI is InChI=1S/C35H37N5O4/c1-44-35(43)39-19-16-26-8-3-5-12-29(26)31(39)33(41)40(20-17-25-10-6-9-24-7-2-4-11-28(24)25)34(42)38-22-23-13-14-30-27(21-23)15-18-37-32(30)36/h2,4,6-7,9-15,18,21,26,31H,3,5,8,16-17,19-20,22H2,1H3,(H2,36,37)(H,38,42)/t26?,31-/m0/s1. The van der Waals surface area contributed by atoms with E-state index >= 15 is 0 Å². The molecule has 0 spiro atoms. The number of methoxy groups -OCH3 is 1. The zero-order chi connectivity index (χ0) is 30.6. The second-order valence-corrected chi connectivity index (χ2v) is 11.5. The van der Waals surface area contributed by atoms with Gasteiger partial charge in [-0.1, -0.05) is 60.7 Å². The minimum atomic E-state index is -0.879. The van der Waals surface area contributed by atoms with Gasteiger partial charge >= 0.3 is 12.1 Å². The average Bonchev–Trinajstić information content (AvgIpc) is 3.06. The largest absolute Gasteiger partial charge is 0.453 e. The number of rotatable bonds is 6. The van der Waals surface area contributed by atoms with Crippen molar-refractivity contribution < 1.29 is 19.1 Å². The van der Waals surface area contributed by atoms with Crippen molar-refractivity contribution in [1.29, 1.82) is 0 Å². The molecule has 6 rings (SSSR count). The highest BCUT2D eigenvalue weighted by Crippen LogP contribution is 2.37. The fourth-order valence-corrected chi connectivity index (χ4v) is 6.64. The normalized spacial score (nSPS) is 17.9. The maximum Gasteiger partial charge on any atom is 0.410 e. The number of amides is 4. The van der Waals surface area contributed by atoms with Crippen molar-refractivity contribution in [3.63, 3.8) is 0 Å². The Kier molecular flexibility index (Phi) is 8.45. The number of nitrogen functional groups attached to an aromatic ring is 1. The summed E-state index contributed by atoms with van der Waals surface area (Å²) in [5.74, 6) is 0.241. The third kappa shape index (κ3) is 5.82. The van der Waals surface area contributed by atoms with Crippen LogP contribution in [0.3, 0.4) is 0 Å². The molecule has 2 aliphatic rings. The molecule has 0 radical (unpaired) electrons. The molecule has 4 amide bonds. The first kappa shape index (κ1) is 29.2. The molecular weight excluding hydrogens is 554 g/mol. The summed E-state index contributed by atoms with van der Waals surface area (Å²) in [6.07, 6.45) is 7.27. The van der Waals surface area contributed by atoms with Crippen LogP contribution in [-0.2, 0) is 22.5 Å². The second-order valence-electron chi connectivity index (χ2n) is 11.5. The number of anilines is 1. The lowest BCUT2D eigenvalue weighted by atomic mass is 9.78. The van der Waals surface area contributed by atoms with E-state index < -0.39 is 24.1 Å². The third-order valence-electron chi connectivity index (χ3n) is 8.90. The van der Waals surface area contributed by atoms with Crippen LogP contribution in [0.4, 0.5) is 15.4 Å². The number of carbonyl (C=O) groups excluding carboxylic acids is 3. The second kappa shape index (κ2) is 12.8. The number of nitrogens with two attached hydrogens (primary N) is 1. The smallest absolute Gasteiger partial charge is 0.410 e. The summed E-state index contributed by atoms with van der Waals surface area (Å²) in [5.41, 5.74) is 8.83. The summed E-state index contributed by atoms with van der Waals surface area (Å²) < 4.78 is 5.09. The van der Waals surface area contributed by atoms with Crippen molar-refractivity contribution in [2.24, 2.45) is 5.92 Å². The summed E-state index contributed by atoms with van der Waals surface area (Å²) in [7, 11) is 1.32. The SMILES string of the molecule is COC(=O)N1CCC2CCCC=C2[C@H]1C(=O)N(CCc1cccc2ccccc12)C(=O)NCc1ccc2c(N)nccc2c1. The molecule has 4 aromatic rings. The predicted octanol–water partition coefficient (Wildman–Crippen LogP) is 5.82. The molecule has 1 fully saturated rings. The summed E-state index contributed by atoms with van der Waals surface area (Å²) in [6, 6.07) is 20.4. The molecule has 0 bridgehead atoms. The van der Waals surface area contributed by atoms with Crippen LogP contribution in [0, 0.1) is 5.92 Å². The van der Waals surface area contributed by atoms with E-state index in [9.17, 15) is 14.4 Å². The molecule has 1 aliphatic heterocycles. The number of allylic oxidation sites excluding steroid dienone is 1. The number of likely N-dealkylation sites (tertiary alicyclic amines) is 1. The Morgan fingerprint density at radius 1 is 1.02 bits per heavy atom. The zero-order valence-electron chi connectivity index (χ0n) is 24.9. The van der Waals surface area contributed by atoms with Gasteiger partial charge in [0.1, 0.15) is 11.9 Å². The molecule has 1 unspecified atom stereocenters. The van der Waals surface area contributed by atoms with Crippen molar-refractivity contribution in [1.82, 2.24) is 20.1 Å². The van der Waals surface area contributed by atoms with Crippen LogP contribution in [-0.4, -0.2) is 59.1 Å². The first-order valence-corrected chi connectivity index (χ1v) is 15.2. The van der Waals surface area contributed by atoms with Gasteiger partial charge in [-0.25, -0.2) is 14.6 Å². The summed E-state index contributed by atoms with van der Waals surface area (Å²) in [4.78, 5) is 48.2. The Morgan fingerprint density at radius 2 is 1.86 bits per heavy atom. The molecule has 9 heteroatoms. The minimum absolute atomic E-state index is 0.155. The molecular formula is C35H37N5O4. The van der Waals surface area contributed by atoms with Gasteiger partial charge in [0.25, 0.3) is 5.91 Å². The quantitative estimate of drug-likeness (QED) is 0.273. The topological polar surface area (TPSA) is 118 Å². The van der Waals surface area contributed by atoms with Gasteiger partial charge in [-0.2, -0.15) is 0 Å². The van der Waals surface area contributed by atoms with Crippen LogP contribution in [0.5, 0.6) is 0 Å². The number of nitrogens with zero attached hydrogens (tertiary/aromatic N) is 3. The molecule has 1 saturated heterocycles. The van der Waals surface area contributed by atoms with Crippen LogP contribution in [0.25, 0.3) is 21.5 Å². The number of pyridine rings is 1. The summed E-state index contributed by atoms with van der Waals surface area (Å²) >= 11 is 0. The van der Waals surface area contributed by atoms with E-state index in [0.29, 0.717) is 18.8 Å². The van der Waals surface area contributed by atoms with Crippen LogP contribution >= 0.6 is 0 Å². The van der Waals surface area contributed by atoms with E-state index in [1.807, 2.05) is 60.7 Å². The highest BCUT2D eigenvalue weighted by molar-refractivity contribution is 6.00. The summed E-state index contributed by atoms with van der Waals surface area (Å²) in [5, 5.41) is 6.90. The Balaban J connectivity index is 1.30. The van der Waals surface area contributed by atoms with Crippen LogP contribution in [0.2, 0.25) is 0 Å². The molecule has 3 aromatic carbocycles. The van der Waals surface area contributed by atoms with Crippen LogP contribution in [0.15, 0.2) is 84.6 Å². The number of benzene rings is 3. The fraction of sp³-hybridized carbons (Fsp3) is 0.314. The lowest BCUT2D eigenvalue weighted by molar-refractivity contribution is -0.133. The molecule has 9 nitrogen and oxygen atoms in total. The van der Waals surface area contributed by atoms with Gasteiger partial charge in [-0.3, -0.25) is 14.6 Å². The Hall–Kier alpha value is -4.92. The molecule has 1 aromatic heterocycles. The van der Waals surface area contributed by atoms with Gasteiger partial charge < -0.3 is 15.8 Å². The highest BCUT2D eigenvalue weighted by atomic mass is 16.5. The van der Waals surface area contributed by atoms with Crippen LogP contribution in [0.1, 0.15) is 36.8 Å². The van der Waals surface area contributed by atoms with Crippen molar-refractivity contribution in [3.05, 3.63) is 95.7 Å². The molecule has 1 aliphatic carbocycles. The van der Waals surface area contributed by atoms with E-state index in [1.165, 1.54) is 16.9 Å². The van der Waals surface area contributed by atoms with Crippen molar-refractivity contribution in [2.45, 2.75) is 44.7 Å². The van der Waals surface area contributed by atoms with Gasteiger partial charge in [0.2, 0.25) is 0 Å². The predicted molar refractivity (Wildman–Crippen MR) is 171 cm³/mol. The number of piperidine rings is 1. The molecule has 226 valence electrons. The Morgan fingerprint density at radius 3 is 2.73 bits per heavy atom. The van der Waals surface area contributed by atoms with Crippen molar-refractivity contribution in [3.8, 4) is 0 Å². The van der Waals surface area contributed by atoms with Gasteiger partial charge in [-0.05, 0) is 83.0 Å². The number of nitrogens with one attached hydrogen (secondary N) is 1. The highest BCUT2D eigenvalue weighted by Gasteiger charge is 2.44. The van der Waals surface area contributed by atoms with Gasteiger partial charge in [0, 0.05) is 31.2 Å². The first-order valence-electron chi connectivity index (χ1n) is 15.2. The van der Waals surface area contributed by atoms with E-state index in [4.69, 9.17) is 10.5 Å². The van der Waals surface area contributed by atoms with Crippen LogP contribution < -0.4 is 11.1 Å². The van der Waals surface area contributed by atoms with E-state index in [1.54, 1.807) is 6.20 Å². The summed E-state index contributed by atoms with van der Waals surface area (Å²) in [6.45, 7) is 0.771. The van der Waals surface area contributed by atoms with Gasteiger partial charge in [0.05, 0.1) is 7.11 Å². The Bertz CT molecular complexity index is 1750. The lowest BCUT2D eigenvalue weighted by Gasteiger charge is -2.42. The molecule has 0 saturated carbocycles. The number of fused-ring (bicyclic) bond motifs is 3. The number of imide groups is 1. The number of carbonyl (C=O) groups is 3. The number of hydrogen-bond acceptors (Lipinski definition) is 6.